The van der Waals surface area contributed by atoms with Gasteiger partial charge in [-0.15, -0.1) is 11.8 Å². The van der Waals surface area contributed by atoms with E-state index in [4.69, 9.17) is 11.6 Å². The number of nitrogens with one attached hydrogen (secondary N) is 3. The van der Waals surface area contributed by atoms with Gasteiger partial charge in [0.2, 0.25) is 11.8 Å². The number of benzene rings is 2. The van der Waals surface area contributed by atoms with Crippen molar-refractivity contribution in [1.29, 1.82) is 0 Å². The minimum absolute atomic E-state index is 0.0388. The lowest BCUT2D eigenvalue weighted by molar-refractivity contribution is -0.119. The van der Waals surface area contributed by atoms with Crippen LogP contribution in [0.2, 0.25) is 5.02 Å². The fraction of sp³-hybridized carbons (Fsp3) is 0.167. The van der Waals surface area contributed by atoms with E-state index in [0.717, 1.165) is 17.3 Å². The van der Waals surface area contributed by atoms with Gasteiger partial charge >= 0.3 is 0 Å². The molecule has 8 heteroatoms. The van der Waals surface area contributed by atoms with Gasteiger partial charge in [-0.3, -0.25) is 25.2 Å². The predicted octanol–water partition coefficient (Wildman–Crippen LogP) is 2.78. The summed E-state index contributed by atoms with van der Waals surface area (Å²) in [6, 6.07) is 13.8. The summed E-state index contributed by atoms with van der Waals surface area (Å²) in [5.41, 5.74) is 6.74. The highest BCUT2D eigenvalue weighted by Crippen LogP contribution is 2.11. The van der Waals surface area contributed by atoms with Crippen LogP contribution in [0.4, 0.5) is 5.69 Å². The van der Waals surface area contributed by atoms with Gasteiger partial charge in [-0.25, -0.2) is 0 Å². The van der Waals surface area contributed by atoms with Crippen molar-refractivity contribution in [1.82, 2.24) is 10.9 Å². The van der Waals surface area contributed by atoms with E-state index in [0.29, 0.717) is 16.3 Å². The predicted molar refractivity (Wildman–Crippen MR) is 104 cm³/mol. The molecule has 0 fully saturated rings. The molecule has 0 heterocycles. The average molecular weight is 392 g/mol. The first kappa shape index (κ1) is 19.8. The lowest BCUT2D eigenvalue weighted by Gasteiger charge is -2.08. The SMILES string of the molecule is Cc1ccc(NC(=O)CSCC(=O)NNC(=O)c2cccc(Cl)c2)cc1. The van der Waals surface area contributed by atoms with Gasteiger partial charge in [-0.2, -0.15) is 0 Å². The zero-order chi connectivity index (χ0) is 18.9. The van der Waals surface area contributed by atoms with Crippen molar-refractivity contribution < 1.29 is 14.4 Å². The Kier molecular flexibility index (Phi) is 7.50. The van der Waals surface area contributed by atoms with Gasteiger partial charge in [-0.05, 0) is 37.3 Å². The second-order valence-electron chi connectivity index (χ2n) is 5.42. The third-order valence-corrected chi connectivity index (χ3v) is 4.37. The fourth-order valence-electron chi connectivity index (χ4n) is 1.93. The molecule has 0 aromatic heterocycles. The number of carbonyl (C=O) groups is 3. The number of carbonyl (C=O) groups excluding carboxylic acids is 3. The molecule has 2 rings (SSSR count). The van der Waals surface area contributed by atoms with Gasteiger partial charge < -0.3 is 5.32 Å². The van der Waals surface area contributed by atoms with Gasteiger partial charge in [0.1, 0.15) is 0 Å². The molecule has 0 atom stereocenters. The molecule has 2 aromatic carbocycles. The monoisotopic (exact) mass is 391 g/mol. The van der Waals surface area contributed by atoms with Gasteiger partial charge in [0.25, 0.3) is 5.91 Å². The highest BCUT2D eigenvalue weighted by molar-refractivity contribution is 8.00. The number of hydrogen-bond donors (Lipinski definition) is 3. The van der Waals surface area contributed by atoms with Crippen molar-refractivity contribution in [3.05, 3.63) is 64.7 Å². The first-order chi connectivity index (χ1) is 12.4. The first-order valence-corrected chi connectivity index (χ1v) is 9.26. The molecule has 0 bridgehead atoms. The van der Waals surface area contributed by atoms with E-state index in [1.54, 1.807) is 18.2 Å². The average Bonchev–Trinajstić information content (AvgIpc) is 2.61. The van der Waals surface area contributed by atoms with E-state index in [1.165, 1.54) is 6.07 Å². The van der Waals surface area contributed by atoms with Crippen molar-refractivity contribution in [3.8, 4) is 0 Å². The van der Waals surface area contributed by atoms with Crippen LogP contribution >= 0.6 is 23.4 Å². The van der Waals surface area contributed by atoms with Crippen LogP contribution in [0.5, 0.6) is 0 Å². The van der Waals surface area contributed by atoms with E-state index in [-0.39, 0.29) is 17.4 Å². The van der Waals surface area contributed by atoms with Crippen LogP contribution < -0.4 is 16.2 Å². The molecular formula is C18H18ClN3O3S. The Balaban J connectivity index is 1.66. The largest absolute Gasteiger partial charge is 0.325 e. The minimum atomic E-state index is -0.469. The Labute approximate surface area is 160 Å². The Morgan fingerprint density at radius 1 is 0.962 bits per heavy atom. The summed E-state index contributed by atoms with van der Waals surface area (Å²) >= 11 is 6.95. The normalized spacial score (nSPS) is 10.1. The first-order valence-electron chi connectivity index (χ1n) is 7.73. The number of anilines is 1. The van der Waals surface area contributed by atoms with E-state index in [1.807, 2.05) is 31.2 Å². The standard InChI is InChI=1S/C18H18ClN3O3S/c1-12-5-7-15(8-6-12)20-16(23)10-26-11-17(24)21-22-18(25)13-3-2-4-14(19)9-13/h2-9H,10-11H2,1H3,(H,20,23)(H,21,24)(H,22,25). The Hall–Kier alpha value is -2.51. The van der Waals surface area contributed by atoms with Crippen molar-refractivity contribution in [2.75, 3.05) is 16.8 Å². The number of amides is 3. The summed E-state index contributed by atoms with van der Waals surface area (Å²) in [5.74, 6) is -0.910. The van der Waals surface area contributed by atoms with Crippen molar-refractivity contribution in [2.24, 2.45) is 0 Å². The lowest BCUT2D eigenvalue weighted by atomic mass is 10.2. The van der Waals surface area contributed by atoms with Gasteiger partial charge in [0.05, 0.1) is 11.5 Å². The number of halogens is 1. The summed E-state index contributed by atoms with van der Waals surface area (Å²) in [6.45, 7) is 1.96. The molecule has 6 nitrogen and oxygen atoms in total. The molecule has 0 aliphatic carbocycles. The lowest BCUT2D eigenvalue weighted by Crippen LogP contribution is -2.42. The van der Waals surface area contributed by atoms with Crippen LogP contribution in [0.25, 0.3) is 0 Å². The molecule has 0 aliphatic rings. The molecule has 2 aromatic rings. The Bertz CT molecular complexity index is 797. The summed E-state index contributed by atoms with van der Waals surface area (Å²) in [5, 5.41) is 3.18. The van der Waals surface area contributed by atoms with Gasteiger partial charge in [0, 0.05) is 16.3 Å². The summed E-state index contributed by atoms with van der Waals surface area (Å²) in [4.78, 5) is 35.4. The van der Waals surface area contributed by atoms with E-state index < -0.39 is 11.8 Å². The molecule has 3 amide bonds. The molecule has 0 unspecified atom stereocenters. The zero-order valence-electron chi connectivity index (χ0n) is 14.0. The maximum absolute atomic E-state index is 11.9. The number of hydrazine groups is 1. The fourth-order valence-corrected chi connectivity index (χ4v) is 2.74. The molecule has 0 spiro atoms. The summed E-state index contributed by atoms with van der Waals surface area (Å²) < 4.78 is 0. The third-order valence-electron chi connectivity index (χ3n) is 3.20. The molecule has 0 saturated carbocycles. The second kappa shape index (κ2) is 9.84. The molecule has 136 valence electrons. The minimum Gasteiger partial charge on any atom is -0.325 e. The molecule has 0 aliphatic heterocycles. The smallest absolute Gasteiger partial charge is 0.269 e. The maximum Gasteiger partial charge on any atom is 0.269 e. The molecule has 3 N–H and O–H groups in total. The summed E-state index contributed by atoms with van der Waals surface area (Å²) in [7, 11) is 0. The van der Waals surface area contributed by atoms with E-state index in [2.05, 4.69) is 16.2 Å². The Morgan fingerprint density at radius 2 is 1.65 bits per heavy atom. The molecule has 0 radical (unpaired) electrons. The zero-order valence-corrected chi connectivity index (χ0v) is 15.6. The van der Waals surface area contributed by atoms with E-state index >= 15 is 0 Å². The highest BCUT2D eigenvalue weighted by atomic mass is 35.5. The number of aryl methyl sites for hydroxylation is 1. The Morgan fingerprint density at radius 3 is 2.35 bits per heavy atom. The van der Waals surface area contributed by atoms with Crippen LogP contribution in [-0.2, 0) is 9.59 Å². The van der Waals surface area contributed by atoms with Crippen molar-refractivity contribution >= 4 is 46.8 Å². The van der Waals surface area contributed by atoms with Gasteiger partial charge in [0.15, 0.2) is 0 Å². The third kappa shape index (κ3) is 6.78. The van der Waals surface area contributed by atoms with Crippen molar-refractivity contribution in [2.45, 2.75) is 6.92 Å². The topological polar surface area (TPSA) is 87.3 Å². The van der Waals surface area contributed by atoms with Crippen molar-refractivity contribution in [3.63, 3.8) is 0 Å². The van der Waals surface area contributed by atoms with Gasteiger partial charge in [-0.1, -0.05) is 35.4 Å². The summed E-state index contributed by atoms with van der Waals surface area (Å²) in [6.07, 6.45) is 0. The molecule has 26 heavy (non-hydrogen) atoms. The van der Waals surface area contributed by atoms with Crippen LogP contribution in [0.15, 0.2) is 48.5 Å². The molecular weight excluding hydrogens is 374 g/mol. The van der Waals surface area contributed by atoms with Crippen LogP contribution in [0.3, 0.4) is 0 Å². The van der Waals surface area contributed by atoms with Crippen LogP contribution in [0, 0.1) is 6.92 Å². The second-order valence-corrected chi connectivity index (χ2v) is 6.84. The van der Waals surface area contributed by atoms with Crippen LogP contribution in [0.1, 0.15) is 15.9 Å². The molecule has 0 saturated heterocycles. The van der Waals surface area contributed by atoms with Crippen LogP contribution in [-0.4, -0.2) is 29.2 Å². The number of hydrogen-bond acceptors (Lipinski definition) is 4. The quantitative estimate of drug-likeness (QED) is 0.661. The number of rotatable bonds is 6. The number of thioether (sulfide) groups is 1. The maximum atomic E-state index is 11.9. The highest BCUT2D eigenvalue weighted by Gasteiger charge is 2.09. The van der Waals surface area contributed by atoms with E-state index in [9.17, 15) is 14.4 Å².